The minimum Gasteiger partial charge on any atom is -0.394 e. The Morgan fingerprint density at radius 3 is 2.56 bits per heavy atom. The molecule has 0 saturated carbocycles. The lowest BCUT2D eigenvalue weighted by molar-refractivity contribution is -0.120. The number of urea groups is 1. The van der Waals surface area contributed by atoms with Crippen molar-refractivity contribution >= 4 is 17.6 Å². The van der Waals surface area contributed by atoms with Crippen LogP contribution in [0.15, 0.2) is 30.3 Å². The summed E-state index contributed by atoms with van der Waals surface area (Å²) >= 11 is 0. The molecular weight excluding hydrogens is 234 g/mol. The van der Waals surface area contributed by atoms with Crippen LogP contribution in [-0.4, -0.2) is 36.2 Å². The topological polar surface area (TPSA) is 90.5 Å². The normalized spacial score (nSPS) is 11.4. The number of anilines is 1. The van der Waals surface area contributed by atoms with E-state index in [1.807, 2.05) is 6.07 Å². The van der Waals surface area contributed by atoms with Gasteiger partial charge in [0, 0.05) is 11.7 Å². The summed E-state index contributed by atoms with van der Waals surface area (Å²) in [5.74, 6) is -0.347. The average Bonchev–Trinajstić information content (AvgIpc) is 2.37. The Morgan fingerprint density at radius 2 is 1.94 bits per heavy atom. The standard InChI is InChI=1S/C12H17N3O3/c1-9(8-16)14-11(17)7-13-12(18)15-10-5-3-2-4-6-10/h2-6,9,16H,7-8H2,1H3,(H,14,17)(H2,13,15,18). The highest BCUT2D eigenvalue weighted by molar-refractivity contribution is 5.92. The monoisotopic (exact) mass is 251 g/mol. The summed E-state index contributed by atoms with van der Waals surface area (Å²) in [5.41, 5.74) is 0.652. The fourth-order valence-corrected chi connectivity index (χ4v) is 1.23. The first-order valence-electron chi connectivity index (χ1n) is 5.62. The van der Waals surface area contributed by atoms with Gasteiger partial charge in [0.25, 0.3) is 0 Å². The predicted molar refractivity (Wildman–Crippen MR) is 68.2 cm³/mol. The number of carbonyl (C=O) groups is 2. The van der Waals surface area contributed by atoms with E-state index in [9.17, 15) is 9.59 Å². The maximum atomic E-state index is 11.4. The molecule has 18 heavy (non-hydrogen) atoms. The van der Waals surface area contributed by atoms with Crippen LogP contribution in [0.1, 0.15) is 6.92 Å². The predicted octanol–water partition coefficient (Wildman–Crippen LogP) is 0.305. The maximum absolute atomic E-state index is 11.4. The Balaban J connectivity index is 2.27. The van der Waals surface area contributed by atoms with Crippen LogP contribution in [0.3, 0.4) is 0 Å². The van der Waals surface area contributed by atoms with E-state index in [1.54, 1.807) is 31.2 Å². The van der Waals surface area contributed by atoms with Crippen molar-refractivity contribution < 1.29 is 14.7 Å². The second-order valence-electron chi connectivity index (χ2n) is 3.82. The average molecular weight is 251 g/mol. The third-order valence-corrected chi connectivity index (χ3v) is 2.12. The van der Waals surface area contributed by atoms with Gasteiger partial charge in [0.1, 0.15) is 0 Å². The molecule has 1 aromatic carbocycles. The lowest BCUT2D eigenvalue weighted by Gasteiger charge is -2.11. The SMILES string of the molecule is CC(CO)NC(=O)CNC(=O)Nc1ccccc1. The highest BCUT2D eigenvalue weighted by Gasteiger charge is 2.07. The molecule has 98 valence electrons. The van der Waals surface area contributed by atoms with Crippen molar-refractivity contribution in [2.45, 2.75) is 13.0 Å². The second kappa shape index (κ2) is 7.29. The van der Waals surface area contributed by atoms with Gasteiger partial charge in [0.2, 0.25) is 5.91 Å². The lowest BCUT2D eigenvalue weighted by Crippen LogP contribution is -2.43. The van der Waals surface area contributed by atoms with E-state index >= 15 is 0 Å². The fourth-order valence-electron chi connectivity index (χ4n) is 1.23. The van der Waals surface area contributed by atoms with Gasteiger partial charge < -0.3 is 21.1 Å². The van der Waals surface area contributed by atoms with Crippen LogP contribution in [0.2, 0.25) is 0 Å². The molecule has 0 aliphatic rings. The van der Waals surface area contributed by atoms with E-state index in [-0.39, 0.29) is 25.1 Å². The zero-order chi connectivity index (χ0) is 13.4. The van der Waals surface area contributed by atoms with Crippen LogP contribution in [0.25, 0.3) is 0 Å². The summed E-state index contributed by atoms with van der Waals surface area (Å²) in [4.78, 5) is 22.7. The number of carbonyl (C=O) groups excluding carboxylic acids is 2. The van der Waals surface area contributed by atoms with Gasteiger partial charge in [-0.05, 0) is 19.1 Å². The number of hydrogen-bond acceptors (Lipinski definition) is 3. The number of nitrogens with one attached hydrogen (secondary N) is 3. The zero-order valence-corrected chi connectivity index (χ0v) is 10.1. The van der Waals surface area contributed by atoms with Crippen molar-refractivity contribution in [3.8, 4) is 0 Å². The van der Waals surface area contributed by atoms with Crippen LogP contribution in [0.4, 0.5) is 10.5 Å². The number of hydrogen-bond donors (Lipinski definition) is 4. The van der Waals surface area contributed by atoms with E-state index in [1.165, 1.54) is 0 Å². The van der Waals surface area contributed by atoms with Crippen molar-refractivity contribution in [3.05, 3.63) is 30.3 Å². The first-order chi connectivity index (χ1) is 8.61. The first-order valence-corrected chi connectivity index (χ1v) is 5.62. The van der Waals surface area contributed by atoms with Crippen LogP contribution >= 0.6 is 0 Å². The highest BCUT2D eigenvalue weighted by atomic mass is 16.3. The van der Waals surface area contributed by atoms with Gasteiger partial charge in [0.05, 0.1) is 13.2 Å². The van der Waals surface area contributed by atoms with Crippen molar-refractivity contribution in [1.29, 1.82) is 0 Å². The number of para-hydroxylation sites is 1. The number of aliphatic hydroxyl groups excluding tert-OH is 1. The van der Waals surface area contributed by atoms with Gasteiger partial charge in [-0.1, -0.05) is 18.2 Å². The van der Waals surface area contributed by atoms with E-state index in [4.69, 9.17) is 5.11 Å². The van der Waals surface area contributed by atoms with Crippen LogP contribution in [0, 0.1) is 0 Å². The molecule has 1 atom stereocenters. The van der Waals surface area contributed by atoms with Crippen molar-refractivity contribution in [1.82, 2.24) is 10.6 Å². The van der Waals surface area contributed by atoms with E-state index < -0.39 is 6.03 Å². The summed E-state index contributed by atoms with van der Waals surface area (Å²) in [6.45, 7) is 1.40. The Kier molecular flexibility index (Phi) is 5.66. The molecule has 0 heterocycles. The molecule has 0 fully saturated rings. The molecule has 0 aliphatic heterocycles. The molecule has 0 aromatic heterocycles. The molecule has 6 nitrogen and oxygen atoms in total. The summed E-state index contributed by atoms with van der Waals surface area (Å²) < 4.78 is 0. The van der Waals surface area contributed by atoms with Gasteiger partial charge in [-0.25, -0.2) is 4.79 Å². The first kappa shape index (κ1) is 14.0. The van der Waals surface area contributed by atoms with Crippen LogP contribution in [-0.2, 0) is 4.79 Å². The molecule has 1 unspecified atom stereocenters. The van der Waals surface area contributed by atoms with Crippen LogP contribution < -0.4 is 16.0 Å². The lowest BCUT2D eigenvalue weighted by atomic mass is 10.3. The molecule has 1 rings (SSSR count). The summed E-state index contributed by atoms with van der Waals surface area (Å²) in [5, 5.41) is 16.3. The number of aliphatic hydroxyl groups is 1. The molecule has 0 saturated heterocycles. The molecule has 3 amide bonds. The van der Waals surface area contributed by atoms with Gasteiger partial charge in [-0.15, -0.1) is 0 Å². The summed E-state index contributed by atoms with van der Waals surface area (Å²) in [6.07, 6.45) is 0. The Bertz CT molecular complexity index is 395. The van der Waals surface area contributed by atoms with E-state index in [0.717, 1.165) is 0 Å². The third-order valence-electron chi connectivity index (χ3n) is 2.12. The minimum atomic E-state index is -0.451. The van der Waals surface area contributed by atoms with Crippen molar-refractivity contribution in [2.75, 3.05) is 18.5 Å². The summed E-state index contributed by atoms with van der Waals surface area (Å²) in [6, 6.07) is 8.15. The van der Waals surface area contributed by atoms with E-state index in [0.29, 0.717) is 5.69 Å². The van der Waals surface area contributed by atoms with Gasteiger partial charge in [0.15, 0.2) is 0 Å². The molecule has 0 radical (unpaired) electrons. The van der Waals surface area contributed by atoms with Gasteiger partial charge in [-0.3, -0.25) is 4.79 Å². The zero-order valence-electron chi connectivity index (χ0n) is 10.1. The van der Waals surface area contributed by atoms with Gasteiger partial charge >= 0.3 is 6.03 Å². The third kappa shape index (κ3) is 5.31. The van der Waals surface area contributed by atoms with Gasteiger partial charge in [-0.2, -0.15) is 0 Å². The molecule has 0 bridgehead atoms. The smallest absolute Gasteiger partial charge is 0.319 e. The van der Waals surface area contributed by atoms with E-state index in [2.05, 4.69) is 16.0 Å². The molecule has 1 aromatic rings. The highest BCUT2D eigenvalue weighted by Crippen LogP contribution is 2.03. The quantitative estimate of drug-likeness (QED) is 0.607. The summed E-state index contributed by atoms with van der Waals surface area (Å²) in [7, 11) is 0. The Morgan fingerprint density at radius 1 is 1.28 bits per heavy atom. The largest absolute Gasteiger partial charge is 0.394 e. The molecule has 0 spiro atoms. The fraction of sp³-hybridized carbons (Fsp3) is 0.333. The number of amides is 3. The van der Waals surface area contributed by atoms with Crippen LogP contribution in [0.5, 0.6) is 0 Å². The Hall–Kier alpha value is -2.08. The second-order valence-corrected chi connectivity index (χ2v) is 3.82. The minimum absolute atomic E-state index is 0.136. The molecule has 0 aliphatic carbocycles. The molecule has 4 N–H and O–H groups in total. The number of rotatable bonds is 5. The number of benzene rings is 1. The van der Waals surface area contributed by atoms with Crippen molar-refractivity contribution in [2.24, 2.45) is 0 Å². The maximum Gasteiger partial charge on any atom is 0.319 e. The Labute approximate surface area is 105 Å². The van der Waals surface area contributed by atoms with Crippen molar-refractivity contribution in [3.63, 3.8) is 0 Å². The molecule has 6 heteroatoms. The molecular formula is C12H17N3O3.